The van der Waals surface area contributed by atoms with E-state index in [4.69, 9.17) is 9.47 Å². The van der Waals surface area contributed by atoms with E-state index in [2.05, 4.69) is 29.9 Å². The van der Waals surface area contributed by atoms with Crippen LogP contribution in [0.5, 0.6) is 11.5 Å². The predicted octanol–water partition coefficient (Wildman–Crippen LogP) is 3.79. The highest BCUT2D eigenvalue weighted by Gasteiger charge is 2.52. The van der Waals surface area contributed by atoms with Gasteiger partial charge in [0, 0.05) is 24.5 Å². The lowest BCUT2D eigenvalue weighted by Crippen LogP contribution is -2.31. The first-order valence-corrected chi connectivity index (χ1v) is 14.2. The van der Waals surface area contributed by atoms with Crippen molar-refractivity contribution in [3.63, 3.8) is 0 Å². The van der Waals surface area contributed by atoms with Crippen molar-refractivity contribution in [2.45, 2.75) is 50.2 Å². The van der Waals surface area contributed by atoms with Crippen molar-refractivity contribution in [2.24, 2.45) is 0 Å². The summed E-state index contributed by atoms with van der Waals surface area (Å²) >= 11 is 0. The molecule has 1 aliphatic carbocycles. The topological polar surface area (TPSA) is 134 Å². The van der Waals surface area contributed by atoms with Gasteiger partial charge in [-0.05, 0) is 56.5 Å². The molecule has 4 aromatic rings. The van der Waals surface area contributed by atoms with Gasteiger partial charge in [-0.1, -0.05) is 19.1 Å². The van der Waals surface area contributed by atoms with E-state index in [9.17, 15) is 8.42 Å². The van der Waals surface area contributed by atoms with Crippen LogP contribution in [0.4, 0.5) is 5.95 Å². The summed E-state index contributed by atoms with van der Waals surface area (Å²) in [7, 11) is -0.878. The van der Waals surface area contributed by atoms with Gasteiger partial charge in [0.15, 0.2) is 5.82 Å². The first-order valence-electron chi connectivity index (χ1n) is 12.6. The van der Waals surface area contributed by atoms with E-state index in [1.807, 2.05) is 25.1 Å². The molecular formula is C27H31N7O4S. The van der Waals surface area contributed by atoms with E-state index in [0.717, 1.165) is 24.1 Å². The molecule has 5 rings (SSSR count). The van der Waals surface area contributed by atoms with Gasteiger partial charge in [0.1, 0.15) is 23.0 Å². The molecule has 2 unspecified atom stereocenters. The highest BCUT2D eigenvalue weighted by Crippen LogP contribution is 2.53. The minimum atomic E-state index is -3.97. The van der Waals surface area contributed by atoms with E-state index < -0.39 is 26.6 Å². The maximum Gasteiger partial charge on any atom is 0.243 e. The van der Waals surface area contributed by atoms with E-state index in [0.29, 0.717) is 28.8 Å². The van der Waals surface area contributed by atoms with Crippen LogP contribution in [0.25, 0.3) is 5.69 Å². The van der Waals surface area contributed by atoms with Gasteiger partial charge in [0.2, 0.25) is 16.0 Å². The lowest BCUT2D eigenvalue weighted by atomic mass is 10.0. The molecule has 0 aliphatic heterocycles. The summed E-state index contributed by atoms with van der Waals surface area (Å²) in [6.07, 6.45) is 6.65. The fourth-order valence-electron chi connectivity index (χ4n) is 4.63. The number of methoxy groups -OCH3 is 2. The van der Waals surface area contributed by atoms with E-state index in [1.165, 1.54) is 0 Å². The van der Waals surface area contributed by atoms with E-state index in [1.54, 1.807) is 69.4 Å². The molecule has 0 amide bonds. The number of ether oxygens (including phenoxy) is 2. The Morgan fingerprint density at radius 3 is 2.18 bits per heavy atom. The molecule has 12 heteroatoms. The molecule has 1 aromatic carbocycles. The molecule has 1 saturated carbocycles. The van der Waals surface area contributed by atoms with Crippen LogP contribution in [-0.4, -0.2) is 57.6 Å². The van der Waals surface area contributed by atoms with Crippen molar-refractivity contribution in [2.75, 3.05) is 18.9 Å². The van der Waals surface area contributed by atoms with Crippen molar-refractivity contribution in [1.82, 2.24) is 29.7 Å². The lowest BCUT2D eigenvalue weighted by Gasteiger charge is -2.23. The molecule has 2 atom stereocenters. The van der Waals surface area contributed by atoms with E-state index >= 15 is 0 Å². The highest BCUT2D eigenvalue weighted by molar-refractivity contribution is 7.93. The predicted molar refractivity (Wildman–Crippen MR) is 146 cm³/mol. The molecule has 0 radical (unpaired) electrons. The average molecular weight is 550 g/mol. The zero-order valence-corrected chi connectivity index (χ0v) is 23.3. The molecule has 0 saturated heterocycles. The van der Waals surface area contributed by atoms with Gasteiger partial charge >= 0.3 is 0 Å². The number of rotatable bonds is 10. The van der Waals surface area contributed by atoms with Gasteiger partial charge in [-0.15, -0.1) is 10.2 Å². The van der Waals surface area contributed by atoms with Gasteiger partial charge in [-0.25, -0.2) is 18.4 Å². The Morgan fingerprint density at radius 1 is 0.949 bits per heavy atom. The van der Waals surface area contributed by atoms with Crippen LogP contribution in [-0.2, 0) is 15.4 Å². The Morgan fingerprint density at radius 2 is 1.62 bits per heavy atom. The largest absolute Gasteiger partial charge is 0.494 e. The SMILES string of the molecule is COc1cccc(OC)c1-n1c(NS(=O)(=O)C(C)C(C)c2ncc(C)cn2)nnc1C1(c2ccccn2)CC1. The van der Waals surface area contributed by atoms with Crippen molar-refractivity contribution >= 4 is 16.0 Å². The summed E-state index contributed by atoms with van der Waals surface area (Å²) in [4.78, 5) is 13.3. The van der Waals surface area contributed by atoms with Gasteiger partial charge < -0.3 is 9.47 Å². The number of aromatic nitrogens is 6. The van der Waals surface area contributed by atoms with Gasteiger partial charge in [-0.3, -0.25) is 14.3 Å². The molecule has 1 N–H and O–H groups in total. The molecule has 0 spiro atoms. The number of nitrogens with zero attached hydrogens (tertiary/aromatic N) is 6. The van der Waals surface area contributed by atoms with Gasteiger partial charge in [-0.2, -0.15) is 0 Å². The number of hydrogen-bond donors (Lipinski definition) is 1. The Bertz CT molecular complexity index is 1550. The minimum Gasteiger partial charge on any atom is -0.494 e. The number of para-hydroxylation sites is 1. The third-order valence-corrected chi connectivity index (χ3v) is 9.11. The summed E-state index contributed by atoms with van der Waals surface area (Å²) in [6.45, 7) is 5.29. The maximum atomic E-state index is 13.7. The number of aryl methyl sites for hydroxylation is 1. The zero-order valence-electron chi connectivity index (χ0n) is 22.5. The molecule has 3 aromatic heterocycles. The van der Waals surface area contributed by atoms with Crippen LogP contribution in [0.1, 0.15) is 55.5 Å². The Hall–Kier alpha value is -4.06. The number of hydrogen-bond acceptors (Lipinski definition) is 9. The van der Waals surface area contributed by atoms with Gasteiger partial charge in [0.05, 0.1) is 30.6 Å². The second-order valence-corrected chi connectivity index (χ2v) is 11.8. The van der Waals surface area contributed by atoms with Crippen molar-refractivity contribution in [3.05, 3.63) is 77.9 Å². The Labute approximate surface area is 227 Å². The number of sulfonamides is 1. The molecule has 1 fully saturated rings. The van der Waals surface area contributed by atoms with Crippen LogP contribution in [0.2, 0.25) is 0 Å². The molecule has 39 heavy (non-hydrogen) atoms. The van der Waals surface area contributed by atoms with Crippen LogP contribution >= 0.6 is 0 Å². The summed E-state index contributed by atoms with van der Waals surface area (Å²) in [6, 6.07) is 11.1. The smallest absolute Gasteiger partial charge is 0.243 e. The zero-order chi connectivity index (χ0) is 27.8. The van der Waals surface area contributed by atoms with Crippen molar-refractivity contribution in [1.29, 1.82) is 0 Å². The van der Waals surface area contributed by atoms with Crippen molar-refractivity contribution < 1.29 is 17.9 Å². The Kier molecular flexibility index (Phi) is 6.98. The van der Waals surface area contributed by atoms with Crippen LogP contribution in [0, 0.1) is 6.92 Å². The number of anilines is 1. The average Bonchev–Trinajstić information content (AvgIpc) is 3.67. The lowest BCUT2D eigenvalue weighted by molar-refractivity contribution is 0.390. The summed E-state index contributed by atoms with van der Waals surface area (Å²) in [5, 5.41) is 7.98. The Balaban J connectivity index is 1.62. The number of benzene rings is 1. The standard InChI is InChI=1S/C27H31N7O4S/c1-17-15-29-24(30-16-17)18(2)19(3)39(35,36)33-26-32-31-25(27(12-13-27)22-11-6-7-14-28-22)34(26)23-20(37-4)9-8-10-21(23)38-5/h6-11,14-16,18-19H,12-13H2,1-5H3,(H,32,33). The molecule has 3 heterocycles. The van der Waals surface area contributed by atoms with Crippen molar-refractivity contribution in [3.8, 4) is 17.2 Å². The second kappa shape index (κ2) is 10.3. The monoisotopic (exact) mass is 549 g/mol. The number of pyridine rings is 1. The first kappa shape index (κ1) is 26.5. The second-order valence-electron chi connectivity index (χ2n) is 9.75. The molecule has 204 valence electrons. The maximum absolute atomic E-state index is 13.7. The normalized spacial score (nSPS) is 15.8. The van der Waals surface area contributed by atoms with Crippen LogP contribution in [0.15, 0.2) is 55.0 Å². The molecular weight excluding hydrogens is 518 g/mol. The summed E-state index contributed by atoms with van der Waals surface area (Å²) < 4.78 is 43.1. The van der Waals surface area contributed by atoms with Gasteiger partial charge in [0.25, 0.3) is 0 Å². The third kappa shape index (κ3) is 4.80. The van der Waals surface area contributed by atoms with E-state index in [-0.39, 0.29) is 5.95 Å². The summed E-state index contributed by atoms with van der Waals surface area (Å²) in [5.41, 5.74) is 1.69. The fraction of sp³-hybridized carbons (Fsp3) is 0.370. The first-order chi connectivity index (χ1) is 18.7. The molecule has 0 bridgehead atoms. The quantitative estimate of drug-likeness (QED) is 0.313. The fourth-order valence-corrected chi connectivity index (χ4v) is 5.86. The summed E-state index contributed by atoms with van der Waals surface area (Å²) in [5.74, 6) is 1.48. The minimum absolute atomic E-state index is 0.0267. The molecule has 1 aliphatic rings. The van der Waals surface area contributed by atoms with Crippen LogP contribution < -0.4 is 14.2 Å². The molecule has 11 nitrogen and oxygen atoms in total. The number of nitrogens with one attached hydrogen (secondary N) is 1. The van der Waals surface area contributed by atoms with Crippen LogP contribution in [0.3, 0.4) is 0 Å². The third-order valence-electron chi connectivity index (χ3n) is 7.26. The highest BCUT2D eigenvalue weighted by atomic mass is 32.2.